The van der Waals surface area contributed by atoms with Crippen molar-refractivity contribution in [2.24, 2.45) is 0 Å². The molecule has 31 heavy (non-hydrogen) atoms. The maximum Gasteiger partial charge on any atom is 0.229 e. The first kappa shape index (κ1) is 21.1. The zero-order valence-corrected chi connectivity index (χ0v) is 16.0. The van der Waals surface area contributed by atoms with E-state index in [-0.39, 0.29) is 28.2 Å². The van der Waals surface area contributed by atoms with Crippen molar-refractivity contribution in [3.05, 3.63) is 52.7 Å². The fourth-order valence-electron chi connectivity index (χ4n) is 3.38. The Labute approximate surface area is 174 Å². The Morgan fingerprint density at radius 2 is 1.65 bits per heavy atom. The molecule has 10 nitrogen and oxygen atoms in total. The predicted octanol–water partition coefficient (Wildman–Crippen LogP) is 0.0499. The van der Waals surface area contributed by atoms with Crippen LogP contribution in [-0.4, -0.2) is 68.0 Å². The van der Waals surface area contributed by atoms with Crippen LogP contribution in [0.2, 0.25) is 0 Å². The van der Waals surface area contributed by atoms with E-state index in [4.69, 9.17) is 13.9 Å². The molecule has 6 N–H and O–H groups in total. The van der Waals surface area contributed by atoms with Crippen molar-refractivity contribution >= 4 is 11.0 Å². The molecule has 1 aliphatic rings. The molecule has 0 bridgehead atoms. The number of fused-ring (bicyclic) bond motifs is 1. The summed E-state index contributed by atoms with van der Waals surface area (Å²) in [4.78, 5) is 12.5. The first-order valence-corrected chi connectivity index (χ1v) is 9.36. The molecule has 0 saturated carbocycles. The second-order valence-electron chi connectivity index (χ2n) is 7.15. The normalized spacial score (nSPS) is 26.1. The average molecular weight is 432 g/mol. The molecule has 3 aromatic rings. The molecule has 2 unspecified atom stereocenters. The Morgan fingerprint density at radius 1 is 0.935 bits per heavy atom. The molecule has 1 aromatic heterocycles. The summed E-state index contributed by atoms with van der Waals surface area (Å²) in [6, 6.07) is 9.56. The number of aliphatic hydroxyl groups excluding tert-OH is 4. The quantitative estimate of drug-likeness (QED) is 0.331. The largest absolute Gasteiger partial charge is 0.508 e. The van der Waals surface area contributed by atoms with E-state index in [1.54, 1.807) is 12.1 Å². The Morgan fingerprint density at radius 3 is 2.32 bits per heavy atom. The predicted molar refractivity (Wildman–Crippen MR) is 106 cm³/mol. The van der Waals surface area contributed by atoms with Gasteiger partial charge in [-0.15, -0.1) is 0 Å². The van der Waals surface area contributed by atoms with Gasteiger partial charge in [-0.05, 0) is 24.3 Å². The van der Waals surface area contributed by atoms with Crippen molar-refractivity contribution in [2.45, 2.75) is 30.7 Å². The monoisotopic (exact) mass is 432 g/mol. The molecule has 4 rings (SSSR count). The van der Waals surface area contributed by atoms with E-state index < -0.39 is 48.5 Å². The summed E-state index contributed by atoms with van der Waals surface area (Å²) in [7, 11) is 0. The van der Waals surface area contributed by atoms with Crippen LogP contribution in [0, 0.1) is 0 Å². The van der Waals surface area contributed by atoms with Gasteiger partial charge in [-0.3, -0.25) is 4.79 Å². The first-order valence-electron chi connectivity index (χ1n) is 9.36. The molecule has 1 aliphatic heterocycles. The number of ether oxygens (including phenoxy) is 2. The molecule has 0 spiro atoms. The van der Waals surface area contributed by atoms with Crippen LogP contribution in [0.5, 0.6) is 17.2 Å². The number of hydrogen-bond acceptors (Lipinski definition) is 10. The summed E-state index contributed by atoms with van der Waals surface area (Å²) in [5, 5.41) is 58.8. The van der Waals surface area contributed by atoms with Crippen LogP contribution in [0.25, 0.3) is 22.3 Å². The first-order chi connectivity index (χ1) is 14.8. The summed E-state index contributed by atoms with van der Waals surface area (Å²) >= 11 is 0. The van der Waals surface area contributed by atoms with Crippen molar-refractivity contribution in [3.63, 3.8) is 0 Å². The Hall–Kier alpha value is -3.15. The van der Waals surface area contributed by atoms with Gasteiger partial charge in [0.2, 0.25) is 6.29 Å². The van der Waals surface area contributed by atoms with Crippen molar-refractivity contribution in [1.82, 2.24) is 0 Å². The maximum absolute atomic E-state index is 12.5. The lowest BCUT2D eigenvalue weighted by molar-refractivity contribution is -0.277. The molecule has 10 heteroatoms. The van der Waals surface area contributed by atoms with Gasteiger partial charge in [0.15, 0.2) is 5.43 Å². The van der Waals surface area contributed by atoms with Crippen LogP contribution in [0.1, 0.15) is 0 Å². The molecule has 164 valence electrons. The second kappa shape index (κ2) is 8.17. The van der Waals surface area contributed by atoms with Crippen LogP contribution in [-0.2, 0) is 4.74 Å². The Balaban J connectivity index is 1.71. The van der Waals surface area contributed by atoms with Gasteiger partial charge in [-0.2, -0.15) is 0 Å². The number of benzene rings is 2. The van der Waals surface area contributed by atoms with Crippen LogP contribution in [0.4, 0.5) is 0 Å². The Kier molecular flexibility index (Phi) is 5.56. The van der Waals surface area contributed by atoms with Gasteiger partial charge in [-0.1, -0.05) is 0 Å². The highest BCUT2D eigenvalue weighted by atomic mass is 16.7. The summed E-state index contributed by atoms with van der Waals surface area (Å²) in [6.45, 7) is -0.626. The maximum atomic E-state index is 12.5. The number of aliphatic hydroxyl groups is 4. The molecular weight excluding hydrogens is 412 g/mol. The third-order valence-electron chi connectivity index (χ3n) is 5.04. The average Bonchev–Trinajstić information content (AvgIpc) is 2.74. The minimum absolute atomic E-state index is 0.0184. The zero-order valence-electron chi connectivity index (χ0n) is 16.0. The van der Waals surface area contributed by atoms with E-state index in [2.05, 4.69) is 0 Å². The van der Waals surface area contributed by atoms with E-state index in [0.717, 1.165) is 6.07 Å². The molecule has 2 heterocycles. The van der Waals surface area contributed by atoms with E-state index in [9.17, 15) is 35.4 Å². The molecule has 1 saturated heterocycles. The van der Waals surface area contributed by atoms with Gasteiger partial charge in [0, 0.05) is 23.8 Å². The summed E-state index contributed by atoms with van der Waals surface area (Å²) in [5.41, 5.74) is -0.0204. The fourth-order valence-corrected chi connectivity index (χ4v) is 3.38. The minimum Gasteiger partial charge on any atom is -0.508 e. The van der Waals surface area contributed by atoms with Gasteiger partial charge in [0.05, 0.1) is 6.61 Å². The molecule has 2 aromatic carbocycles. The molecule has 0 aliphatic carbocycles. The molecular formula is C21H20O10. The third-order valence-corrected chi connectivity index (χ3v) is 5.04. The summed E-state index contributed by atoms with van der Waals surface area (Å²) in [5.74, 6) is -0.273. The number of phenolic OH excluding ortho intramolecular Hbond substituents is 2. The van der Waals surface area contributed by atoms with Gasteiger partial charge in [0.1, 0.15) is 58.4 Å². The van der Waals surface area contributed by atoms with Crippen LogP contribution >= 0.6 is 0 Å². The highest BCUT2D eigenvalue weighted by molar-refractivity contribution is 5.86. The van der Waals surface area contributed by atoms with Crippen LogP contribution in [0.3, 0.4) is 0 Å². The number of rotatable bonds is 4. The summed E-state index contributed by atoms with van der Waals surface area (Å²) < 4.78 is 16.5. The van der Waals surface area contributed by atoms with Crippen LogP contribution < -0.4 is 10.2 Å². The van der Waals surface area contributed by atoms with Crippen molar-refractivity contribution in [1.29, 1.82) is 0 Å². The smallest absolute Gasteiger partial charge is 0.229 e. The Bertz CT molecular complexity index is 1140. The lowest BCUT2D eigenvalue weighted by Gasteiger charge is -2.39. The molecule has 1 fully saturated rings. The topological polar surface area (TPSA) is 170 Å². The molecule has 0 radical (unpaired) electrons. The second-order valence-corrected chi connectivity index (χ2v) is 7.15. The SMILES string of the molecule is O=c1cc(-c2ccc(O)cc2)oc2cc(O[C@@H]3OC(CO)[C@@H](O)[C@H](O)C3O)cc(O)c12. The molecule has 0 amide bonds. The van der Waals surface area contributed by atoms with E-state index in [1.807, 2.05) is 0 Å². The van der Waals surface area contributed by atoms with Crippen molar-refractivity contribution < 1.29 is 44.5 Å². The lowest BCUT2D eigenvalue weighted by Crippen LogP contribution is -2.60. The number of hydrogen-bond donors (Lipinski definition) is 6. The fraction of sp³-hybridized carbons (Fsp3) is 0.286. The standard InChI is InChI=1S/C21H20O10/c22-8-16-18(26)19(27)20(28)21(31-16)29-11-5-12(24)17-13(25)7-14(30-15(17)6-11)9-1-3-10(23)4-2-9/h1-7,16,18-24,26-28H,8H2/t16?,18-,19+,20?,21-/m1/s1. The number of phenols is 2. The van der Waals surface area contributed by atoms with E-state index >= 15 is 0 Å². The summed E-state index contributed by atoms with van der Waals surface area (Å²) in [6.07, 6.45) is -7.47. The van der Waals surface area contributed by atoms with Gasteiger partial charge >= 0.3 is 0 Å². The minimum atomic E-state index is -1.65. The van der Waals surface area contributed by atoms with Gasteiger partial charge < -0.3 is 44.5 Å². The number of aromatic hydroxyl groups is 2. The molecule has 5 atom stereocenters. The van der Waals surface area contributed by atoms with Gasteiger partial charge in [0.25, 0.3) is 0 Å². The van der Waals surface area contributed by atoms with Crippen molar-refractivity contribution in [3.8, 4) is 28.6 Å². The van der Waals surface area contributed by atoms with Crippen LogP contribution in [0.15, 0.2) is 51.7 Å². The zero-order chi connectivity index (χ0) is 22.3. The third kappa shape index (κ3) is 3.94. The lowest BCUT2D eigenvalue weighted by atomic mass is 9.99. The van der Waals surface area contributed by atoms with Crippen molar-refractivity contribution in [2.75, 3.05) is 6.61 Å². The highest BCUT2D eigenvalue weighted by Gasteiger charge is 2.44. The highest BCUT2D eigenvalue weighted by Crippen LogP contribution is 2.33. The van der Waals surface area contributed by atoms with E-state index in [1.165, 1.54) is 24.3 Å². The van der Waals surface area contributed by atoms with E-state index in [0.29, 0.717) is 5.56 Å². The van der Waals surface area contributed by atoms with Gasteiger partial charge in [-0.25, -0.2) is 0 Å².